The number of nitrogens with zero attached hydrogens (tertiary/aromatic N) is 1. The van der Waals surface area contributed by atoms with Gasteiger partial charge in [-0.05, 0) is 31.0 Å². The summed E-state index contributed by atoms with van der Waals surface area (Å²) in [5.74, 6) is -0.210. The lowest BCUT2D eigenvalue weighted by Gasteiger charge is -2.26. The molecule has 2 rings (SSSR count). The van der Waals surface area contributed by atoms with Gasteiger partial charge in [0, 0.05) is 25.9 Å². The van der Waals surface area contributed by atoms with Crippen LogP contribution in [0.1, 0.15) is 19.3 Å². The average molecular weight is 371 g/mol. The highest BCUT2D eigenvalue weighted by Crippen LogP contribution is 2.31. The highest BCUT2D eigenvalue weighted by molar-refractivity contribution is 7.89. The molecule has 0 aromatic heterocycles. The van der Waals surface area contributed by atoms with Crippen LogP contribution in [0.5, 0.6) is 5.75 Å². The van der Waals surface area contributed by atoms with E-state index in [-0.39, 0.29) is 17.3 Å². The second-order valence-corrected chi connectivity index (χ2v) is 7.79. The lowest BCUT2D eigenvalue weighted by Crippen LogP contribution is -2.39. The molecule has 1 aromatic carbocycles. The number of carbonyl (C=O) groups is 1. The molecule has 3 N–H and O–H groups in total. The summed E-state index contributed by atoms with van der Waals surface area (Å²) in [7, 11) is -0.830. The molecule has 0 saturated carbocycles. The number of amides is 1. The summed E-state index contributed by atoms with van der Waals surface area (Å²) in [6.45, 7) is 1.04. The number of benzene rings is 1. The van der Waals surface area contributed by atoms with Crippen molar-refractivity contribution in [3.8, 4) is 5.75 Å². The quantitative estimate of drug-likeness (QED) is 0.733. The minimum Gasteiger partial charge on any atom is -0.495 e. The smallest absolute Gasteiger partial charge is 0.246 e. The van der Waals surface area contributed by atoms with E-state index in [9.17, 15) is 13.2 Å². The van der Waals surface area contributed by atoms with Gasteiger partial charge in [0.2, 0.25) is 15.9 Å². The molecule has 1 unspecified atom stereocenters. The van der Waals surface area contributed by atoms with E-state index in [1.54, 1.807) is 6.07 Å². The third kappa shape index (κ3) is 4.69. The molecule has 1 aromatic rings. The van der Waals surface area contributed by atoms with Crippen molar-refractivity contribution in [2.75, 3.05) is 39.2 Å². The maximum Gasteiger partial charge on any atom is 0.246 e. The highest BCUT2D eigenvalue weighted by Gasteiger charge is 2.29. The Morgan fingerprint density at radius 2 is 1.96 bits per heavy atom. The van der Waals surface area contributed by atoms with Gasteiger partial charge in [-0.25, -0.2) is 8.42 Å². The van der Waals surface area contributed by atoms with Crippen LogP contribution in [0.15, 0.2) is 23.1 Å². The number of hydrogen-bond donors (Lipinski definition) is 2. The van der Waals surface area contributed by atoms with Gasteiger partial charge in [0.15, 0.2) is 0 Å². The van der Waals surface area contributed by atoms with Crippen LogP contribution in [0.4, 0.5) is 5.69 Å². The molecule has 25 heavy (non-hydrogen) atoms. The molecule has 1 amide bonds. The Kier molecular flexibility index (Phi) is 6.77. The zero-order valence-corrected chi connectivity index (χ0v) is 15.3. The monoisotopic (exact) mass is 371 g/mol. The van der Waals surface area contributed by atoms with Crippen molar-refractivity contribution in [1.82, 2.24) is 4.31 Å². The summed E-state index contributed by atoms with van der Waals surface area (Å²) in [6.07, 6.45) is 2.70. The molecule has 1 aliphatic heterocycles. The number of hydrogen-bond acceptors (Lipinski definition) is 6. The first-order valence-corrected chi connectivity index (χ1v) is 9.57. The van der Waals surface area contributed by atoms with Crippen LogP contribution >= 0.6 is 0 Å². The van der Waals surface area contributed by atoms with Gasteiger partial charge in [0.25, 0.3) is 0 Å². The largest absolute Gasteiger partial charge is 0.495 e. The third-order valence-electron chi connectivity index (χ3n) is 4.05. The molecule has 0 bridgehead atoms. The second kappa shape index (κ2) is 8.61. The maximum absolute atomic E-state index is 12.9. The Balaban J connectivity index is 2.29. The number of nitrogens with two attached hydrogens (primary N) is 1. The molecule has 8 nitrogen and oxygen atoms in total. The Hall–Kier alpha value is -1.68. The first kappa shape index (κ1) is 19.6. The summed E-state index contributed by atoms with van der Waals surface area (Å²) in [5, 5.41) is 2.61. The number of rotatable bonds is 7. The summed E-state index contributed by atoms with van der Waals surface area (Å²) >= 11 is 0. The van der Waals surface area contributed by atoms with Crippen molar-refractivity contribution in [3.63, 3.8) is 0 Å². The first-order valence-electron chi connectivity index (χ1n) is 8.13. The van der Waals surface area contributed by atoms with Gasteiger partial charge < -0.3 is 20.5 Å². The van der Waals surface area contributed by atoms with E-state index in [0.717, 1.165) is 19.3 Å². The Morgan fingerprint density at radius 1 is 1.28 bits per heavy atom. The van der Waals surface area contributed by atoms with Crippen molar-refractivity contribution in [2.24, 2.45) is 5.73 Å². The van der Waals surface area contributed by atoms with Crippen LogP contribution < -0.4 is 15.8 Å². The van der Waals surface area contributed by atoms with Crippen LogP contribution in [0.25, 0.3) is 0 Å². The zero-order valence-electron chi connectivity index (χ0n) is 14.5. The SMILES string of the molecule is COCC(N)C(=O)Nc1ccc(OC)c(S(=O)(=O)N2CCCCC2)c1. The molecule has 0 spiro atoms. The Bertz CT molecular complexity index is 702. The van der Waals surface area contributed by atoms with Gasteiger partial charge in [0.05, 0.1) is 13.7 Å². The molecular weight excluding hydrogens is 346 g/mol. The standard InChI is InChI=1S/C16H25N3O5S/c1-23-11-13(17)16(20)18-12-6-7-14(24-2)15(10-12)25(21,22)19-8-4-3-5-9-19/h6-7,10,13H,3-5,8-9,11,17H2,1-2H3,(H,18,20). The van der Waals surface area contributed by atoms with Gasteiger partial charge >= 0.3 is 0 Å². The minimum absolute atomic E-state index is 0.0370. The lowest BCUT2D eigenvalue weighted by atomic mass is 10.2. The highest BCUT2D eigenvalue weighted by atomic mass is 32.2. The summed E-state index contributed by atoms with van der Waals surface area (Å²) in [6, 6.07) is 3.66. The lowest BCUT2D eigenvalue weighted by molar-refractivity contribution is -0.118. The van der Waals surface area contributed by atoms with Crippen LogP contribution in [-0.2, 0) is 19.6 Å². The van der Waals surface area contributed by atoms with Crippen LogP contribution in [0, 0.1) is 0 Å². The molecule has 0 aliphatic carbocycles. The third-order valence-corrected chi connectivity index (χ3v) is 5.97. The summed E-state index contributed by atoms with van der Waals surface area (Å²) in [5.41, 5.74) is 6.02. The van der Waals surface area contributed by atoms with E-state index in [1.165, 1.54) is 30.7 Å². The number of anilines is 1. The molecule has 1 aliphatic rings. The molecule has 1 heterocycles. The number of piperidine rings is 1. The minimum atomic E-state index is -3.69. The number of carbonyl (C=O) groups excluding carboxylic acids is 1. The summed E-state index contributed by atoms with van der Waals surface area (Å²) < 4.78 is 37.4. The first-order chi connectivity index (χ1) is 11.9. The van der Waals surface area contributed by atoms with Crippen molar-refractivity contribution in [2.45, 2.75) is 30.2 Å². The van der Waals surface area contributed by atoms with Crippen LogP contribution in [0.2, 0.25) is 0 Å². The predicted molar refractivity (Wildman–Crippen MR) is 94.1 cm³/mol. The second-order valence-electron chi connectivity index (χ2n) is 5.88. The average Bonchev–Trinajstić information content (AvgIpc) is 2.62. The molecular formula is C16H25N3O5S. The summed E-state index contributed by atoms with van der Waals surface area (Å²) in [4.78, 5) is 12.0. The number of sulfonamides is 1. The van der Waals surface area contributed by atoms with Crippen molar-refractivity contribution in [3.05, 3.63) is 18.2 Å². The molecule has 1 fully saturated rings. The van der Waals surface area contributed by atoms with Gasteiger partial charge in [-0.1, -0.05) is 6.42 Å². The normalized spacial score (nSPS) is 17.1. The molecule has 1 atom stereocenters. The molecule has 9 heteroatoms. The number of methoxy groups -OCH3 is 2. The fourth-order valence-corrected chi connectivity index (χ4v) is 4.39. The maximum atomic E-state index is 12.9. The topological polar surface area (TPSA) is 111 Å². The van der Waals surface area contributed by atoms with Crippen molar-refractivity contribution in [1.29, 1.82) is 0 Å². The van der Waals surface area contributed by atoms with E-state index in [0.29, 0.717) is 18.8 Å². The van der Waals surface area contributed by atoms with Crippen molar-refractivity contribution < 1.29 is 22.7 Å². The van der Waals surface area contributed by atoms with Crippen LogP contribution in [0.3, 0.4) is 0 Å². The van der Waals surface area contributed by atoms with E-state index >= 15 is 0 Å². The predicted octanol–water partition coefficient (Wildman–Crippen LogP) is 0.782. The van der Waals surface area contributed by atoms with Gasteiger partial charge in [-0.2, -0.15) is 4.31 Å². The fourth-order valence-electron chi connectivity index (χ4n) is 2.69. The van der Waals surface area contributed by atoms with Gasteiger partial charge in [-0.15, -0.1) is 0 Å². The van der Waals surface area contributed by atoms with Crippen LogP contribution in [-0.4, -0.2) is 58.6 Å². The molecule has 1 saturated heterocycles. The van der Waals surface area contributed by atoms with E-state index < -0.39 is 22.0 Å². The Morgan fingerprint density at radius 3 is 2.56 bits per heavy atom. The van der Waals surface area contributed by atoms with Gasteiger partial charge in [-0.3, -0.25) is 4.79 Å². The fraction of sp³-hybridized carbons (Fsp3) is 0.562. The number of ether oxygens (including phenoxy) is 2. The van der Waals surface area contributed by atoms with E-state index in [1.807, 2.05) is 0 Å². The molecule has 140 valence electrons. The number of nitrogens with one attached hydrogen (secondary N) is 1. The van der Waals surface area contributed by atoms with Gasteiger partial charge in [0.1, 0.15) is 16.7 Å². The molecule has 0 radical (unpaired) electrons. The van der Waals surface area contributed by atoms with E-state index in [4.69, 9.17) is 15.2 Å². The van der Waals surface area contributed by atoms with E-state index in [2.05, 4.69) is 5.32 Å². The zero-order chi connectivity index (χ0) is 18.4. The van der Waals surface area contributed by atoms with Crippen molar-refractivity contribution >= 4 is 21.6 Å². The Labute approximate surface area is 148 Å².